The summed E-state index contributed by atoms with van der Waals surface area (Å²) in [7, 11) is -5.01. The number of anilines is 1. The Balaban J connectivity index is 0.000000908. The first kappa shape index (κ1) is 40.7. The molecule has 26 heteroatoms. The second-order valence-corrected chi connectivity index (χ2v) is 13.4. The summed E-state index contributed by atoms with van der Waals surface area (Å²) in [6, 6.07) is 3.61. The van der Waals surface area contributed by atoms with E-state index in [9.17, 15) is 41.1 Å². The highest BCUT2D eigenvalue weighted by atomic mass is 32.3. The molecule has 2 aromatic heterocycles. The van der Waals surface area contributed by atoms with Crippen molar-refractivity contribution >= 4 is 79.1 Å². The Morgan fingerprint density at radius 3 is 2.45 bits per heavy atom. The lowest BCUT2D eigenvalue weighted by atomic mass is 9.84. The molecule has 0 unspecified atom stereocenters. The van der Waals surface area contributed by atoms with E-state index in [1.807, 2.05) is 0 Å². The number of aliphatic carboxylic acids is 2. The Morgan fingerprint density at radius 1 is 1.25 bits per heavy atom. The molecule has 1 aromatic carbocycles. The minimum atomic E-state index is -5.08. The number of ether oxygens (including phenoxy) is 1. The third kappa shape index (κ3) is 11.1. The van der Waals surface area contributed by atoms with Crippen LogP contribution >= 0.6 is 23.1 Å². The molecule has 0 spiro atoms. The third-order valence-corrected chi connectivity index (χ3v) is 8.28. The second kappa shape index (κ2) is 16.5. The molecular formula is C25H29F3N8O12S3. The smallest absolute Gasteiger partial charge is 0.489 e. The summed E-state index contributed by atoms with van der Waals surface area (Å²) < 4.78 is 72.7. The summed E-state index contributed by atoms with van der Waals surface area (Å²) in [5.74, 6) is -5.13. The molecule has 3 heterocycles. The van der Waals surface area contributed by atoms with Gasteiger partial charge in [0.1, 0.15) is 24.1 Å². The standard InChI is InChI=1S/C23H28N8O10S3.C2HF3O2/c1-23(2)17(19(33)31(23)41-44(36,37)38)29-18(32)16(14-10-43-21(25)26-14)30-40-15(20(34)35)9-39-11-4-5-12-13(8-11)28-22(27-12)42-7-3-6-24;3-2(4,5)1(6)7/h4-5,8,10,15,17H,3,6-7,9,24H2,1-2H3,(H2,25,26)(H,27,28)(H,29,32)(H,34,35)(H,36,37,38);(H,6,7)/b30-16-;/t15-,17-;/m1./s1. The minimum Gasteiger partial charge on any atom is -0.489 e. The van der Waals surface area contributed by atoms with Crippen LogP contribution in [0.5, 0.6) is 5.75 Å². The fraction of sp³-hybridized carbons (Fsp3) is 0.400. The lowest BCUT2D eigenvalue weighted by Gasteiger charge is -2.50. The number of amides is 2. The number of halogens is 3. The Bertz CT molecular complexity index is 1900. The Labute approximate surface area is 293 Å². The number of H-pyrrole nitrogens is 1. The van der Waals surface area contributed by atoms with Crippen LogP contribution in [0.3, 0.4) is 0 Å². The molecule has 20 nitrogen and oxygen atoms in total. The van der Waals surface area contributed by atoms with Gasteiger partial charge in [-0.3, -0.25) is 14.1 Å². The van der Waals surface area contributed by atoms with Gasteiger partial charge in [-0.05, 0) is 38.9 Å². The van der Waals surface area contributed by atoms with Crippen molar-refractivity contribution in [3.8, 4) is 5.75 Å². The number of nitrogens with zero attached hydrogens (tertiary/aromatic N) is 4. The molecule has 1 aliphatic heterocycles. The first-order chi connectivity index (χ1) is 23.6. The Kier molecular flexibility index (Phi) is 13.2. The van der Waals surface area contributed by atoms with Gasteiger partial charge < -0.3 is 41.6 Å². The maximum Gasteiger partial charge on any atom is 0.490 e. The van der Waals surface area contributed by atoms with Crippen molar-refractivity contribution in [2.24, 2.45) is 10.9 Å². The van der Waals surface area contributed by atoms with E-state index < -0.39 is 70.3 Å². The molecule has 2 atom stereocenters. The number of aromatic nitrogens is 3. The predicted molar refractivity (Wildman–Crippen MR) is 171 cm³/mol. The predicted octanol–water partition coefficient (Wildman–Crippen LogP) is 0.769. The number of rotatable bonds is 15. The zero-order valence-electron chi connectivity index (χ0n) is 26.1. The molecule has 0 radical (unpaired) electrons. The highest BCUT2D eigenvalue weighted by Crippen LogP contribution is 2.33. The van der Waals surface area contributed by atoms with Crippen LogP contribution < -0.4 is 21.5 Å². The van der Waals surface area contributed by atoms with Crippen LogP contribution in [0, 0.1) is 0 Å². The van der Waals surface area contributed by atoms with Crippen LogP contribution in [0.15, 0.2) is 33.9 Å². The number of fused-ring (bicyclic) bond motifs is 1. The summed E-state index contributed by atoms with van der Waals surface area (Å²) in [5, 5.41) is 25.4. The number of imidazole rings is 1. The molecule has 0 bridgehead atoms. The molecule has 9 N–H and O–H groups in total. The summed E-state index contributed by atoms with van der Waals surface area (Å²) >= 11 is 2.47. The minimum absolute atomic E-state index is 0.0570. The molecule has 2 amide bonds. The summed E-state index contributed by atoms with van der Waals surface area (Å²) in [6.45, 7) is 2.77. The van der Waals surface area contributed by atoms with Gasteiger partial charge >= 0.3 is 28.5 Å². The van der Waals surface area contributed by atoms with Crippen molar-refractivity contribution in [1.82, 2.24) is 25.3 Å². The Morgan fingerprint density at radius 2 is 1.92 bits per heavy atom. The maximum atomic E-state index is 13.2. The topological polar surface area (TPSA) is 312 Å². The van der Waals surface area contributed by atoms with E-state index in [0.29, 0.717) is 33.5 Å². The number of carboxylic acids is 2. The van der Waals surface area contributed by atoms with Crippen LogP contribution in [-0.4, -0.2) is 115 Å². The molecule has 1 aliphatic rings. The molecule has 0 saturated carbocycles. The number of aromatic amines is 1. The van der Waals surface area contributed by atoms with Gasteiger partial charge in [0.25, 0.3) is 17.9 Å². The van der Waals surface area contributed by atoms with Crippen molar-refractivity contribution in [1.29, 1.82) is 0 Å². The Hall–Kier alpha value is -4.76. The van der Waals surface area contributed by atoms with E-state index in [-0.39, 0.29) is 10.8 Å². The van der Waals surface area contributed by atoms with Gasteiger partial charge in [0.05, 0.1) is 16.6 Å². The van der Waals surface area contributed by atoms with Gasteiger partial charge in [-0.1, -0.05) is 16.9 Å². The van der Waals surface area contributed by atoms with Gasteiger partial charge in [0.15, 0.2) is 16.0 Å². The number of hydroxylamine groups is 2. The van der Waals surface area contributed by atoms with E-state index in [1.165, 1.54) is 31.0 Å². The highest BCUT2D eigenvalue weighted by molar-refractivity contribution is 7.99. The molecule has 4 rings (SSSR count). The van der Waals surface area contributed by atoms with Crippen LogP contribution in [0.4, 0.5) is 18.3 Å². The number of thiazole rings is 1. The zero-order valence-corrected chi connectivity index (χ0v) is 28.6. The van der Waals surface area contributed by atoms with Crippen LogP contribution in [0.1, 0.15) is 26.0 Å². The van der Waals surface area contributed by atoms with E-state index >= 15 is 0 Å². The monoisotopic (exact) mass is 786 g/mol. The highest BCUT2D eigenvalue weighted by Gasteiger charge is 2.58. The number of carbonyl (C=O) groups is 4. The average Bonchev–Trinajstić information content (AvgIpc) is 3.64. The van der Waals surface area contributed by atoms with Crippen LogP contribution in [-0.2, 0) is 38.7 Å². The molecular weight excluding hydrogens is 758 g/mol. The summed E-state index contributed by atoms with van der Waals surface area (Å²) in [5.41, 5.74) is 10.5. The number of hydrogen-bond donors (Lipinski definition) is 7. The summed E-state index contributed by atoms with van der Waals surface area (Å²) in [4.78, 5) is 63.2. The first-order valence-electron chi connectivity index (χ1n) is 13.9. The average molecular weight is 787 g/mol. The molecule has 0 aliphatic carbocycles. The fourth-order valence-electron chi connectivity index (χ4n) is 3.83. The summed E-state index contributed by atoms with van der Waals surface area (Å²) in [6.07, 6.45) is -5.94. The van der Waals surface area contributed by atoms with Crippen molar-refractivity contribution in [2.45, 2.75) is 49.3 Å². The van der Waals surface area contributed by atoms with Crippen molar-refractivity contribution in [3.05, 3.63) is 29.3 Å². The third-order valence-electron chi connectivity index (χ3n) is 6.31. The normalized spacial score (nSPS) is 16.5. The van der Waals surface area contributed by atoms with Crippen molar-refractivity contribution < 1.29 is 69.4 Å². The molecule has 1 fully saturated rings. The van der Waals surface area contributed by atoms with Gasteiger partial charge in [-0.25, -0.2) is 19.6 Å². The van der Waals surface area contributed by atoms with Crippen LogP contribution in [0.25, 0.3) is 11.0 Å². The van der Waals surface area contributed by atoms with Gasteiger partial charge in [0, 0.05) is 17.2 Å². The number of benzene rings is 1. The van der Waals surface area contributed by atoms with Gasteiger partial charge in [-0.15, -0.1) is 15.6 Å². The molecule has 280 valence electrons. The lowest BCUT2D eigenvalue weighted by Crippen LogP contribution is -2.76. The number of alkyl halides is 3. The first-order valence-corrected chi connectivity index (χ1v) is 17.1. The van der Waals surface area contributed by atoms with Gasteiger partial charge in [-0.2, -0.15) is 26.7 Å². The molecule has 1 saturated heterocycles. The van der Waals surface area contributed by atoms with E-state index in [1.54, 1.807) is 18.2 Å². The number of carbonyl (C=O) groups excluding carboxylic acids is 2. The van der Waals surface area contributed by atoms with E-state index in [2.05, 4.69) is 29.7 Å². The molecule has 51 heavy (non-hydrogen) atoms. The van der Waals surface area contributed by atoms with E-state index in [0.717, 1.165) is 23.5 Å². The number of nitrogens with two attached hydrogens (primary N) is 2. The molecule has 3 aromatic rings. The quantitative estimate of drug-likeness (QED) is 0.0279. The van der Waals surface area contributed by atoms with E-state index in [4.69, 9.17) is 35.5 Å². The van der Waals surface area contributed by atoms with Crippen LogP contribution in [0.2, 0.25) is 0 Å². The number of nitrogen functional groups attached to an aromatic ring is 1. The number of carboxylic acid groups (broad SMARTS) is 2. The maximum absolute atomic E-state index is 13.2. The number of oxime groups is 1. The van der Waals surface area contributed by atoms with Crippen molar-refractivity contribution in [2.75, 3.05) is 24.6 Å². The van der Waals surface area contributed by atoms with Gasteiger partial charge in [0.2, 0.25) is 0 Å². The number of β-lactam (4-membered cyclic amide) rings is 1. The number of hydrogen-bond acceptors (Lipinski definition) is 16. The lowest BCUT2D eigenvalue weighted by molar-refractivity contribution is -0.218. The fourth-order valence-corrected chi connectivity index (χ4v) is 5.68. The largest absolute Gasteiger partial charge is 0.490 e. The second-order valence-electron chi connectivity index (χ2n) is 10.5. The van der Waals surface area contributed by atoms with Crippen molar-refractivity contribution in [3.63, 3.8) is 0 Å². The number of thioether (sulfide) groups is 1. The zero-order chi connectivity index (χ0) is 38.3. The number of nitrogens with one attached hydrogen (secondary N) is 2. The SMILES string of the molecule is CC1(C)[C@H](NC(=O)/C(=N\O[C@H](COc2ccc3nc(SCCCN)[nH]c3c2)C(=O)O)c2csc(N)n2)C(=O)N1OS(=O)(=O)O.O=C(O)C(F)(F)F.